The molecule has 5 atom stereocenters. The number of fused-ring (bicyclic) bond motifs is 1. The highest BCUT2D eigenvalue weighted by atomic mass is 16.5. The van der Waals surface area contributed by atoms with E-state index in [0.29, 0.717) is 19.3 Å². The number of rotatable bonds is 8. The van der Waals surface area contributed by atoms with Gasteiger partial charge >= 0.3 is 5.97 Å². The van der Waals surface area contributed by atoms with E-state index >= 15 is 0 Å². The van der Waals surface area contributed by atoms with Crippen LogP contribution in [0.3, 0.4) is 0 Å². The van der Waals surface area contributed by atoms with Crippen LogP contribution in [0.1, 0.15) is 86.5 Å². The maximum Gasteiger partial charge on any atom is 0.331 e. The fourth-order valence-corrected chi connectivity index (χ4v) is 5.21. The molecule has 4 nitrogen and oxygen atoms in total. The van der Waals surface area contributed by atoms with Gasteiger partial charge in [-0.2, -0.15) is 0 Å². The Labute approximate surface area is 194 Å². The summed E-state index contributed by atoms with van der Waals surface area (Å²) >= 11 is 0. The Balaban J connectivity index is 1.99. The Hall–Kier alpha value is -1.94. The molecule has 0 saturated heterocycles. The summed E-state index contributed by atoms with van der Waals surface area (Å²) in [5.74, 6) is -0.498. The summed E-state index contributed by atoms with van der Waals surface area (Å²) in [5, 5.41) is 10.7. The molecule has 0 spiro atoms. The second-order valence-electron chi connectivity index (χ2n) is 10.1. The first-order valence-electron chi connectivity index (χ1n) is 12.2. The number of aliphatic hydroxyl groups is 1. The monoisotopic (exact) mass is 442 g/mol. The van der Waals surface area contributed by atoms with Crippen LogP contribution in [-0.2, 0) is 14.3 Å². The van der Waals surface area contributed by atoms with E-state index in [9.17, 15) is 14.7 Å². The van der Waals surface area contributed by atoms with Crippen molar-refractivity contribution in [1.29, 1.82) is 0 Å². The van der Waals surface area contributed by atoms with Gasteiger partial charge in [0.1, 0.15) is 12.2 Å². The van der Waals surface area contributed by atoms with Crippen LogP contribution in [0, 0.1) is 17.3 Å². The molecule has 0 aromatic carbocycles. The summed E-state index contributed by atoms with van der Waals surface area (Å²) in [5.41, 5.74) is 2.52. The number of hydrogen-bond acceptors (Lipinski definition) is 4. The largest absolute Gasteiger partial charge is 0.459 e. The molecule has 2 fully saturated rings. The molecule has 0 aliphatic heterocycles. The van der Waals surface area contributed by atoms with Gasteiger partial charge in [0.15, 0.2) is 5.78 Å². The predicted molar refractivity (Wildman–Crippen MR) is 130 cm³/mol. The van der Waals surface area contributed by atoms with E-state index in [4.69, 9.17) is 4.74 Å². The number of unbranched alkanes of at least 4 members (excludes halogenated alkanes) is 3. The maximum atomic E-state index is 12.6. The summed E-state index contributed by atoms with van der Waals surface area (Å²) in [6.07, 6.45) is 15.0. The Morgan fingerprint density at radius 1 is 1.19 bits per heavy atom. The molecular weight excluding hydrogens is 400 g/mol. The number of hydrogen-bond donors (Lipinski definition) is 1. The highest BCUT2D eigenvalue weighted by molar-refractivity contribution is 6.00. The first kappa shape index (κ1) is 26.3. The topological polar surface area (TPSA) is 63.6 Å². The molecule has 0 bridgehead atoms. The molecule has 0 radical (unpaired) electrons. The second-order valence-corrected chi connectivity index (χ2v) is 10.1. The summed E-state index contributed by atoms with van der Waals surface area (Å²) in [6.45, 7) is 12.3. The van der Waals surface area contributed by atoms with E-state index in [1.807, 2.05) is 26.8 Å². The maximum absolute atomic E-state index is 12.6. The molecule has 4 heteroatoms. The molecule has 0 unspecified atom stereocenters. The number of esters is 1. The van der Waals surface area contributed by atoms with Gasteiger partial charge in [-0.25, -0.2) is 4.79 Å². The van der Waals surface area contributed by atoms with Crippen LogP contribution in [0.4, 0.5) is 0 Å². The van der Waals surface area contributed by atoms with Crippen molar-refractivity contribution in [3.05, 3.63) is 47.1 Å². The molecule has 178 valence electrons. The third kappa shape index (κ3) is 6.31. The molecule has 2 rings (SSSR count). The predicted octanol–water partition coefficient (Wildman–Crippen LogP) is 6.26. The molecule has 0 amide bonds. The summed E-state index contributed by atoms with van der Waals surface area (Å²) in [6, 6.07) is 0. The van der Waals surface area contributed by atoms with Crippen molar-refractivity contribution in [2.24, 2.45) is 17.3 Å². The van der Waals surface area contributed by atoms with Gasteiger partial charge in [0.05, 0.1) is 0 Å². The minimum atomic E-state index is -0.958. The molecule has 0 aromatic heterocycles. The molecule has 2 aliphatic rings. The number of allylic oxidation sites excluding steroid dienone is 6. The van der Waals surface area contributed by atoms with E-state index < -0.39 is 6.10 Å². The lowest BCUT2D eigenvalue weighted by atomic mass is 9.53. The highest BCUT2D eigenvalue weighted by Gasteiger charge is 2.55. The molecule has 0 heterocycles. The second kappa shape index (κ2) is 11.8. The van der Waals surface area contributed by atoms with Crippen LogP contribution in [0.2, 0.25) is 0 Å². The standard InChI is InChI=1S/C28H42O4/c1-7-8-9-10-11-13-20(4)14-12-15-25(29)32-24-17-16-23-27(31)26(30)22(19(2)3)18-28(23,6)21(24)5/h11-15,21,23-24,27,31H,7-10,16-18H2,1-6H3/b13-11+,15-12+,20-14+/t21-,23-,24+,27-,28+/m0/s1. The Morgan fingerprint density at radius 3 is 2.56 bits per heavy atom. The lowest BCUT2D eigenvalue weighted by Gasteiger charge is -2.53. The number of ketones is 1. The van der Waals surface area contributed by atoms with Crippen LogP contribution < -0.4 is 0 Å². The van der Waals surface area contributed by atoms with Crippen LogP contribution in [0.25, 0.3) is 0 Å². The van der Waals surface area contributed by atoms with Gasteiger partial charge in [0, 0.05) is 6.08 Å². The van der Waals surface area contributed by atoms with Crippen molar-refractivity contribution in [1.82, 2.24) is 0 Å². The van der Waals surface area contributed by atoms with Crippen LogP contribution in [0.15, 0.2) is 47.1 Å². The number of carbonyl (C=O) groups is 2. The number of ether oxygens (including phenoxy) is 1. The Bertz CT molecular complexity index is 796. The first-order valence-corrected chi connectivity index (χ1v) is 12.2. The molecule has 2 aliphatic carbocycles. The molecule has 1 N–H and O–H groups in total. The fourth-order valence-electron chi connectivity index (χ4n) is 5.21. The van der Waals surface area contributed by atoms with Crippen molar-refractivity contribution in [3.8, 4) is 0 Å². The minimum absolute atomic E-state index is 0.0547. The zero-order valence-electron chi connectivity index (χ0n) is 20.8. The smallest absolute Gasteiger partial charge is 0.331 e. The van der Waals surface area contributed by atoms with Crippen LogP contribution >= 0.6 is 0 Å². The minimum Gasteiger partial charge on any atom is -0.459 e. The van der Waals surface area contributed by atoms with Crippen molar-refractivity contribution in [3.63, 3.8) is 0 Å². The first-order chi connectivity index (χ1) is 15.1. The fraction of sp³-hybridized carbons (Fsp3) is 0.643. The summed E-state index contributed by atoms with van der Waals surface area (Å²) < 4.78 is 5.83. The van der Waals surface area contributed by atoms with E-state index in [0.717, 1.165) is 23.1 Å². The Kier molecular flexibility index (Phi) is 9.69. The van der Waals surface area contributed by atoms with E-state index in [-0.39, 0.29) is 35.1 Å². The highest BCUT2D eigenvalue weighted by Crippen LogP contribution is 2.54. The number of aliphatic hydroxyl groups excluding tert-OH is 1. The zero-order valence-corrected chi connectivity index (χ0v) is 20.8. The van der Waals surface area contributed by atoms with Crippen molar-refractivity contribution >= 4 is 11.8 Å². The zero-order chi connectivity index (χ0) is 23.9. The van der Waals surface area contributed by atoms with Crippen LogP contribution in [0.5, 0.6) is 0 Å². The van der Waals surface area contributed by atoms with Crippen molar-refractivity contribution in [2.45, 2.75) is 98.7 Å². The molecule has 32 heavy (non-hydrogen) atoms. The van der Waals surface area contributed by atoms with E-state index in [1.54, 1.807) is 6.08 Å². The van der Waals surface area contributed by atoms with E-state index in [1.165, 1.54) is 25.3 Å². The lowest BCUT2D eigenvalue weighted by Crippen LogP contribution is -2.55. The molecule has 0 aromatic rings. The van der Waals surface area contributed by atoms with Crippen molar-refractivity contribution in [2.75, 3.05) is 0 Å². The van der Waals surface area contributed by atoms with Gasteiger partial charge in [-0.3, -0.25) is 4.79 Å². The van der Waals surface area contributed by atoms with Gasteiger partial charge in [-0.05, 0) is 75.7 Å². The van der Waals surface area contributed by atoms with E-state index in [2.05, 4.69) is 32.9 Å². The quantitative estimate of drug-likeness (QED) is 0.209. The van der Waals surface area contributed by atoms with Gasteiger partial charge in [0.2, 0.25) is 0 Å². The summed E-state index contributed by atoms with van der Waals surface area (Å²) in [4.78, 5) is 25.1. The Morgan fingerprint density at radius 2 is 1.91 bits per heavy atom. The average Bonchev–Trinajstić information content (AvgIpc) is 2.73. The third-order valence-corrected chi connectivity index (χ3v) is 7.53. The van der Waals surface area contributed by atoms with Gasteiger partial charge in [0.25, 0.3) is 0 Å². The van der Waals surface area contributed by atoms with Gasteiger partial charge < -0.3 is 9.84 Å². The number of Topliss-reactive ketones (excluding diaryl/α,β-unsaturated/α-hetero) is 1. The number of carbonyl (C=O) groups excluding carboxylic acids is 2. The molecule has 2 saturated carbocycles. The van der Waals surface area contributed by atoms with Crippen molar-refractivity contribution < 1.29 is 19.4 Å². The van der Waals surface area contributed by atoms with Gasteiger partial charge in [-0.15, -0.1) is 0 Å². The normalized spacial score (nSPS) is 31.3. The third-order valence-electron chi connectivity index (χ3n) is 7.53. The summed E-state index contributed by atoms with van der Waals surface area (Å²) in [7, 11) is 0. The SMILES string of the molecule is CCCCC/C=C/C(C)=C/C=C/C(=O)O[C@@H]1CC[C@H]2[C@H](O)C(=O)C(=C(C)C)C[C@]2(C)[C@H]1C. The lowest BCUT2D eigenvalue weighted by molar-refractivity contribution is -0.164. The van der Waals surface area contributed by atoms with Crippen LogP contribution in [-0.4, -0.2) is 29.1 Å². The average molecular weight is 443 g/mol. The molecular formula is C28H42O4. The van der Waals surface area contributed by atoms with Gasteiger partial charge in [-0.1, -0.05) is 69.1 Å².